The van der Waals surface area contributed by atoms with E-state index in [0.717, 1.165) is 25.1 Å². The number of hydrogen-bond acceptors (Lipinski definition) is 1. The van der Waals surface area contributed by atoms with Crippen molar-refractivity contribution in [2.45, 2.75) is 32.1 Å². The van der Waals surface area contributed by atoms with Crippen LogP contribution in [-0.4, -0.2) is 12.5 Å². The number of rotatable bonds is 5. The van der Waals surface area contributed by atoms with Crippen molar-refractivity contribution in [3.8, 4) is 0 Å². The second kappa shape index (κ2) is 7.12. The number of fused-ring (bicyclic) bond motifs is 1. The van der Waals surface area contributed by atoms with Crippen molar-refractivity contribution in [3.63, 3.8) is 0 Å². The molecule has 0 aliphatic heterocycles. The number of aryl methyl sites for hydroxylation is 3. The number of anilines is 1. The molecule has 1 aliphatic rings. The third-order valence-corrected chi connectivity index (χ3v) is 4.12. The van der Waals surface area contributed by atoms with Gasteiger partial charge in [0.15, 0.2) is 5.96 Å². The molecule has 0 heterocycles. The molecule has 2 aromatic carbocycles. The molecule has 3 rings (SSSR count). The van der Waals surface area contributed by atoms with Gasteiger partial charge >= 0.3 is 0 Å². The zero-order valence-electron chi connectivity index (χ0n) is 12.9. The van der Waals surface area contributed by atoms with E-state index in [2.05, 4.69) is 52.8 Å². The fourth-order valence-corrected chi connectivity index (χ4v) is 2.96. The maximum atomic E-state index is 5.97. The molecule has 22 heavy (non-hydrogen) atoms. The van der Waals surface area contributed by atoms with Crippen LogP contribution in [0, 0.1) is 0 Å². The molecule has 114 valence electrons. The summed E-state index contributed by atoms with van der Waals surface area (Å²) in [5, 5.41) is 3.20. The Morgan fingerprint density at radius 3 is 2.73 bits per heavy atom. The standard InChI is InChI=1S/C19H23N3/c20-19(21-13-5-8-15-6-2-1-3-7-15)22-18-12-11-16-9-4-10-17(16)14-18/h1-3,6-7,11-12,14H,4-5,8-10,13H2,(H3,20,21,22). The van der Waals surface area contributed by atoms with Crippen molar-refractivity contribution >= 4 is 11.6 Å². The normalized spacial score (nSPS) is 13.9. The summed E-state index contributed by atoms with van der Waals surface area (Å²) in [4.78, 5) is 4.41. The molecule has 0 atom stereocenters. The van der Waals surface area contributed by atoms with Gasteiger partial charge in [0.25, 0.3) is 0 Å². The first-order valence-corrected chi connectivity index (χ1v) is 8.04. The van der Waals surface area contributed by atoms with Gasteiger partial charge < -0.3 is 11.1 Å². The van der Waals surface area contributed by atoms with Gasteiger partial charge in [-0.15, -0.1) is 0 Å². The summed E-state index contributed by atoms with van der Waals surface area (Å²) in [6.07, 6.45) is 5.70. The Bertz CT molecular complexity index is 647. The fourth-order valence-electron chi connectivity index (χ4n) is 2.96. The highest BCUT2D eigenvalue weighted by molar-refractivity contribution is 5.92. The topological polar surface area (TPSA) is 50.4 Å². The average molecular weight is 293 g/mol. The predicted molar refractivity (Wildman–Crippen MR) is 93.3 cm³/mol. The van der Waals surface area contributed by atoms with Crippen molar-refractivity contribution in [1.82, 2.24) is 0 Å². The van der Waals surface area contributed by atoms with E-state index in [1.54, 1.807) is 0 Å². The summed E-state index contributed by atoms with van der Waals surface area (Å²) in [5.74, 6) is 0.506. The largest absolute Gasteiger partial charge is 0.370 e. The highest BCUT2D eigenvalue weighted by Crippen LogP contribution is 2.24. The Morgan fingerprint density at radius 1 is 1.05 bits per heavy atom. The van der Waals surface area contributed by atoms with Gasteiger partial charge in [0.2, 0.25) is 0 Å². The Labute approximate surface area is 132 Å². The molecule has 2 aromatic rings. The number of nitrogens with two attached hydrogens (primary N) is 1. The van der Waals surface area contributed by atoms with Gasteiger partial charge in [-0.05, 0) is 60.9 Å². The highest BCUT2D eigenvalue weighted by Gasteiger charge is 2.10. The molecular formula is C19H23N3. The van der Waals surface area contributed by atoms with Gasteiger partial charge in [0.1, 0.15) is 0 Å². The summed E-state index contributed by atoms with van der Waals surface area (Å²) in [5.41, 5.74) is 11.3. The second-order valence-electron chi connectivity index (χ2n) is 5.82. The lowest BCUT2D eigenvalue weighted by Crippen LogP contribution is -2.23. The van der Waals surface area contributed by atoms with Crippen LogP contribution in [-0.2, 0) is 19.3 Å². The van der Waals surface area contributed by atoms with E-state index in [1.165, 1.54) is 36.0 Å². The van der Waals surface area contributed by atoms with Crippen LogP contribution in [0.1, 0.15) is 29.5 Å². The lowest BCUT2D eigenvalue weighted by atomic mass is 10.1. The number of hydrogen-bond donors (Lipinski definition) is 2. The van der Waals surface area contributed by atoms with Crippen LogP contribution >= 0.6 is 0 Å². The first-order valence-electron chi connectivity index (χ1n) is 8.04. The summed E-state index contributed by atoms with van der Waals surface area (Å²) in [7, 11) is 0. The second-order valence-corrected chi connectivity index (χ2v) is 5.82. The molecule has 0 amide bonds. The van der Waals surface area contributed by atoms with Crippen LogP contribution in [0.25, 0.3) is 0 Å². The van der Waals surface area contributed by atoms with E-state index in [4.69, 9.17) is 5.73 Å². The zero-order valence-corrected chi connectivity index (χ0v) is 12.9. The van der Waals surface area contributed by atoms with Crippen LogP contribution in [0.5, 0.6) is 0 Å². The molecule has 0 spiro atoms. The van der Waals surface area contributed by atoms with Gasteiger partial charge in [-0.25, -0.2) is 0 Å². The van der Waals surface area contributed by atoms with Gasteiger partial charge in [0.05, 0.1) is 0 Å². The first kappa shape index (κ1) is 14.6. The molecule has 3 N–H and O–H groups in total. The van der Waals surface area contributed by atoms with E-state index >= 15 is 0 Å². The summed E-state index contributed by atoms with van der Waals surface area (Å²) in [6.45, 7) is 0.749. The lowest BCUT2D eigenvalue weighted by Gasteiger charge is -2.08. The molecule has 0 radical (unpaired) electrons. The highest BCUT2D eigenvalue weighted by atomic mass is 15.1. The third kappa shape index (κ3) is 3.88. The lowest BCUT2D eigenvalue weighted by molar-refractivity contribution is 0.832. The zero-order chi connectivity index (χ0) is 15.2. The fraction of sp³-hybridized carbons (Fsp3) is 0.316. The van der Waals surface area contributed by atoms with E-state index in [9.17, 15) is 0 Å². The monoisotopic (exact) mass is 293 g/mol. The number of guanidine groups is 1. The molecule has 1 aliphatic carbocycles. The molecule has 0 unspecified atom stereocenters. The van der Waals surface area contributed by atoms with E-state index in [0.29, 0.717) is 5.96 Å². The Balaban J connectivity index is 1.48. The van der Waals surface area contributed by atoms with Crippen molar-refractivity contribution in [2.24, 2.45) is 10.7 Å². The Morgan fingerprint density at radius 2 is 1.86 bits per heavy atom. The van der Waals surface area contributed by atoms with E-state index in [1.807, 2.05) is 6.07 Å². The van der Waals surface area contributed by atoms with Gasteiger partial charge in [-0.1, -0.05) is 36.4 Å². The minimum atomic E-state index is 0.506. The molecule has 0 bridgehead atoms. The van der Waals surface area contributed by atoms with Gasteiger partial charge in [-0.2, -0.15) is 0 Å². The first-order chi connectivity index (χ1) is 10.8. The van der Waals surface area contributed by atoms with Gasteiger partial charge in [0, 0.05) is 12.2 Å². The minimum absolute atomic E-state index is 0.506. The molecule has 3 heteroatoms. The SMILES string of the molecule is NC(=NCCCc1ccccc1)Nc1ccc2c(c1)CCC2. The molecule has 0 aromatic heterocycles. The number of benzene rings is 2. The van der Waals surface area contributed by atoms with Crippen LogP contribution in [0.4, 0.5) is 5.69 Å². The van der Waals surface area contributed by atoms with Gasteiger partial charge in [-0.3, -0.25) is 4.99 Å². The molecule has 0 fully saturated rings. The van der Waals surface area contributed by atoms with Crippen molar-refractivity contribution in [2.75, 3.05) is 11.9 Å². The summed E-state index contributed by atoms with van der Waals surface area (Å²) < 4.78 is 0. The minimum Gasteiger partial charge on any atom is -0.370 e. The van der Waals surface area contributed by atoms with Crippen LogP contribution in [0.3, 0.4) is 0 Å². The van der Waals surface area contributed by atoms with E-state index < -0.39 is 0 Å². The van der Waals surface area contributed by atoms with Crippen LogP contribution < -0.4 is 11.1 Å². The summed E-state index contributed by atoms with van der Waals surface area (Å²) >= 11 is 0. The maximum Gasteiger partial charge on any atom is 0.193 e. The third-order valence-electron chi connectivity index (χ3n) is 4.12. The number of nitrogens with zero attached hydrogens (tertiary/aromatic N) is 1. The predicted octanol–water partition coefficient (Wildman–Crippen LogP) is 3.53. The number of aliphatic imine (C=N–C) groups is 1. The maximum absolute atomic E-state index is 5.97. The van der Waals surface area contributed by atoms with Crippen LogP contribution in [0.2, 0.25) is 0 Å². The summed E-state index contributed by atoms with van der Waals surface area (Å²) in [6, 6.07) is 17.0. The Kier molecular flexibility index (Phi) is 4.74. The molecular weight excluding hydrogens is 270 g/mol. The van der Waals surface area contributed by atoms with Crippen LogP contribution in [0.15, 0.2) is 53.5 Å². The van der Waals surface area contributed by atoms with Crippen molar-refractivity contribution in [3.05, 3.63) is 65.2 Å². The quantitative estimate of drug-likeness (QED) is 0.503. The average Bonchev–Trinajstić information content (AvgIpc) is 3.00. The smallest absolute Gasteiger partial charge is 0.193 e. The number of nitrogens with one attached hydrogen (secondary N) is 1. The van der Waals surface area contributed by atoms with E-state index in [-0.39, 0.29) is 0 Å². The molecule has 0 saturated heterocycles. The molecule has 0 saturated carbocycles. The van der Waals surface area contributed by atoms with Crippen molar-refractivity contribution < 1.29 is 0 Å². The van der Waals surface area contributed by atoms with Crippen molar-refractivity contribution in [1.29, 1.82) is 0 Å². The Hall–Kier alpha value is -2.29. The molecule has 3 nitrogen and oxygen atoms in total.